The van der Waals surface area contributed by atoms with E-state index in [1.54, 1.807) is 18.3 Å². The minimum Gasteiger partial charge on any atom is -0.322 e. The maximum atomic E-state index is 12.3. The van der Waals surface area contributed by atoms with Crippen molar-refractivity contribution in [2.45, 2.75) is 0 Å². The van der Waals surface area contributed by atoms with Crippen molar-refractivity contribution < 1.29 is 9.59 Å². The molecule has 122 valence electrons. The van der Waals surface area contributed by atoms with Gasteiger partial charge in [-0.25, -0.2) is 4.98 Å². The van der Waals surface area contributed by atoms with Crippen LogP contribution in [0.2, 0.25) is 5.15 Å². The summed E-state index contributed by atoms with van der Waals surface area (Å²) in [5.74, 6) is -0.113. The fraction of sp³-hybridized carbons (Fsp3) is 0.118. The number of rotatable bonds is 4. The number of amides is 2. The van der Waals surface area contributed by atoms with E-state index < -0.39 is 0 Å². The summed E-state index contributed by atoms with van der Waals surface area (Å²) < 4.78 is 0. The number of pyridine rings is 1. The molecule has 0 saturated carbocycles. The molecule has 0 atom stereocenters. The Balaban J connectivity index is 1.77. The predicted molar refractivity (Wildman–Crippen MR) is 96.5 cm³/mol. The van der Waals surface area contributed by atoms with Gasteiger partial charge >= 0.3 is 0 Å². The average molecular weight is 360 g/mol. The van der Waals surface area contributed by atoms with Gasteiger partial charge in [0.1, 0.15) is 6.54 Å². The van der Waals surface area contributed by atoms with Gasteiger partial charge in [-0.05, 0) is 23.1 Å². The van der Waals surface area contributed by atoms with Gasteiger partial charge < -0.3 is 10.2 Å². The van der Waals surface area contributed by atoms with Crippen LogP contribution in [0.3, 0.4) is 0 Å². The maximum absolute atomic E-state index is 12.3. The molecule has 2 aromatic rings. The summed E-state index contributed by atoms with van der Waals surface area (Å²) in [6.07, 6.45) is 1.54. The molecule has 1 N–H and O–H groups in total. The van der Waals surface area contributed by atoms with Crippen molar-refractivity contribution in [3.8, 4) is 0 Å². The number of hydrogen-bond acceptors (Lipinski definition) is 4. The summed E-state index contributed by atoms with van der Waals surface area (Å²) in [5, 5.41) is 4.81. The number of benzene rings is 1. The fourth-order valence-electron chi connectivity index (χ4n) is 2.29. The largest absolute Gasteiger partial charge is 0.322 e. The molecule has 5 nitrogen and oxygen atoms in total. The van der Waals surface area contributed by atoms with Crippen molar-refractivity contribution in [1.29, 1.82) is 0 Å². The monoisotopic (exact) mass is 359 g/mol. The second-order valence-electron chi connectivity index (χ2n) is 5.05. The van der Waals surface area contributed by atoms with Crippen LogP contribution in [0.1, 0.15) is 5.56 Å². The van der Waals surface area contributed by atoms with Crippen LogP contribution in [-0.2, 0) is 9.59 Å². The highest BCUT2D eigenvalue weighted by atomic mass is 35.5. The van der Waals surface area contributed by atoms with E-state index in [1.807, 2.05) is 35.7 Å². The Morgan fingerprint density at radius 3 is 2.79 bits per heavy atom. The molecule has 24 heavy (non-hydrogen) atoms. The molecule has 2 heterocycles. The van der Waals surface area contributed by atoms with Crippen LogP contribution in [0.25, 0.3) is 5.70 Å². The Morgan fingerprint density at radius 2 is 2.04 bits per heavy atom. The third-order valence-electron chi connectivity index (χ3n) is 3.40. The van der Waals surface area contributed by atoms with Gasteiger partial charge in [0, 0.05) is 6.20 Å². The third-order valence-corrected chi connectivity index (χ3v) is 4.50. The van der Waals surface area contributed by atoms with Crippen LogP contribution in [0.5, 0.6) is 0 Å². The van der Waals surface area contributed by atoms with Crippen molar-refractivity contribution in [2.75, 3.05) is 17.6 Å². The van der Waals surface area contributed by atoms with Gasteiger partial charge in [0.05, 0.1) is 17.1 Å². The van der Waals surface area contributed by atoms with Gasteiger partial charge in [0.2, 0.25) is 11.8 Å². The molecule has 1 aliphatic rings. The summed E-state index contributed by atoms with van der Waals surface area (Å²) in [7, 11) is 0. The van der Waals surface area contributed by atoms with Gasteiger partial charge in [-0.15, -0.1) is 11.8 Å². The second kappa shape index (κ2) is 7.51. The van der Waals surface area contributed by atoms with E-state index in [9.17, 15) is 9.59 Å². The molecule has 1 aromatic carbocycles. The lowest BCUT2D eigenvalue weighted by Gasteiger charge is -2.28. The van der Waals surface area contributed by atoms with E-state index in [-0.39, 0.29) is 23.5 Å². The first-order chi connectivity index (χ1) is 11.6. The zero-order valence-corrected chi connectivity index (χ0v) is 14.2. The van der Waals surface area contributed by atoms with Gasteiger partial charge in [-0.1, -0.05) is 41.9 Å². The summed E-state index contributed by atoms with van der Waals surface area (Å²) >= 11 is 7.37. The molecule has 0 radical (unpaired) electrons. The maximum Gasteiger partial charge on any atom is 0.244 e. The summed E-state index contributed by atoms with van der Waals surface area (Å²) in [6, 6.07) is 12.9. The van der Waals surface area contributed by atoms with Crippen LogP contribution in [0, 0.1) is 0 Å². The molecule has 0 spiro atoms. The standard InChI is InChI=1S/C17H14ClN3O2S/c18-17-13(7-4-8-19-17)20-15(22)9-21-14(10-24-11-16(21)23)12-5-2-1-3-6-12/h1-8,10H,9,11H2,(H,20,22). The zero-order chi connectivity index (χ0) is 16.9. The molecule has 0 fully saturated rings. The van der Waals surface area contributed by atoms with Crippen LogP contribution < -0.4 is 5.32 Å². The summed E-state index contributed by atoms with van der Waals surface area (Å²) in [4.78, 5) is 30.0. The first-order valence-corrected chi connectivity index (χ1v) is 8.66. The quantitative estimate of drug-likeness (QED) is 0.851. The number of hydrogen-bond donors (Lipinski definition) is 1. The lowest BCUT2D eigenvalue weighted by Crippen LogP contribution is -2.39. The Labute approximate surface area is 148 Å². The molecule has 0 bridgehead atoms. The van der Waals surface area contributed by atoms with E-state index in [0.29, 0.717) is 11.4 Å². The van der Waals surface area contributed by atoms with Crippen LogP contribution in [-0.4, -0.2) is 34.0 Å². The molecule has 1 aromatic heterocycles. The first-order valence-electron chi connectivity index (χ1n) is 7.23. The van der Waals surface area contributed by atoms with Crippen molar-refractivity contribution in [1.82, 2.24) is 9.88 Å². The van der Waals surface area contributed by atoms with E-state index in [4.69, 9.17) is 11.6 Å². The number of nitrogens with one attached hydrogen (secondary N) is 1. The second-order valence-corrected chi connectivity index (χ2v) is 6.27. The minimum absolute atomic E-state index is 0.0780. The number of thioether (sulfide) groups is 1. The molecule has 0 unspecified atom stereocenters. The summed E-state index contributed by atoms with van der Waals surface area (Å²) in [6.45, 7) is -0.0780. The number of nitrogens with zero attached hydrogens (tertiary/aromatic N) is 2. The Bertz CT molecular complexity index is 795. The van der Waals surface area contributed by atoms with E-state index in [0.717, 1.165) is 11.3 Å². The number of aromatic nitrogens is 1. The van der Waals surface area contributed by atoms with Crippen LogP contribution in [0.4, 0.5) is 5.69 Å². The highest BCUT2D eigenvalue weighted by Gasteiger charge is 2.25. The minimum atomic E-state index is -0.327. The third kappa shape index (κ3) is 3.77. The number of carbonyl (C=O) groups is 2. The van der Waals surface area contributed by atoms with Crippen LogP contribution in [0.15, 0.2) is 54.1 Å². The lowest BCUT2D eigenvalue weighted by atomic mass is 10.1. The molecule has 7 heteroatoms. The highest BCUT2D eigenvalue weighted by molar-refractivity contribution is 8.03. The topological polar surface area (TPSA) is 62.3 Å². The Kier molecular flexibility index (Phi) is 5.17. The average Bonchev–Trinajstić information content (AvgIpc) is 2.59. The molecule has 0 saturated heterocycles. The fourth-order valence-corrected chi connectivity index (χ4v) is 3.26. The van der Waals surface area contributed by atoms with Gasteiger partial charge in [-0.2, -0.15) is 0 Å². The first kappa shape index (κ1) is 16.5. The molecule has 3 rings (SSSR count). The normalized spacial score (nSPS) is 14.3. The molecule has 0 aliphatic carbocycles. The van der Waals surface area contributed by atoms with Crippen molar-refractivity contribution >= 4 is 46.6 Å². The SMILES string of the molecule is O=C(CN1C(=O)CSC=C1c1ccccc1)Nc1cccnc1Cl. The lowest BCUT2D eigenvalue weighted by molar-refractivity contribution is -0.129. The van der Waals surface area contributed by atoms with Crippen LogP contribution >= 0.6 is 23.4 Å². The van der Waals surface area contributed by atoms with E-state index in [1.165, 1.54) is 16.7 Å². The number of anilines is 1. The highest BCUT2D eigenvalue weighted by Crippen LogP contribution is 2.28. The molecule has 2 amide bonds. The Morgan fingerprint density at radius 1 is 1.25 bits per heavy atom. The van der Waals surface area contributed by atoms with Crippen molar-refractivity contribution in [2.24, 2.45) is 0 Å². The molecule has 1 aliphatic heterocycles. The molecular weight excluding hydrogens is 346 g/mol. The zero-order valence-electron chi connectivity index (χ0n) is 12.6. The predicted octanol–water partition coefficient (Wildman–Crippen LogP) is 3.25. The van der Waals surface area contributed by atoms with Gasteiger partial charge in [-0.3, -0.25) is 9.59 Å². The molecular formula is C17H14ClN3O2S. The number of carbonyl (C=O) groups excluding carboxylic acids is 2. The van der Waals surface area contributed by atoms with Gasteiger partial charge in [0.25, 0.3) is 0 Å². The summed E-state index contributed by atoms with van der Waals surface area (Å²) in [5.41, 5.74) is 2.04. The van der Waals surface area contributed by atoms with Gasteiger partial charge in [0.15, 0.2) is 5.15 Å². The van der Waals surface area contributed by atoms with Crippen molar-refractivity contribution in [3.63, 3.8) is 0 Å². The van der Waals surface area contributed by atoms with E-state index in [2.05, 4.69) is 10.3 Å². The Hall–Kier alpha value is -2.31. The van der Waals surface area contributed by atoms with E-state index >= 15 is 0 Å². The number of halogens is 1. The van der Waals surface area contributed by atoms with Crippen molar-refractivity contribution in [3.05, 3.63) is 64.8 Å². The smallest absolute Gasteiger partial charge is 0.244 e.